The van der Waals surface area contributed by atoms with Gasteiger partial charge < -0.3 is 15.7 Å². The summed E-state index contributed by atoms with van der Waals surface area (Å²) in [6.45, 7) is 6.05. The average molecular weight is 254 g/mol. The van der Waals surface area contributed by atoms with Crippen LogP contribution in [0.4, 0.5) is 15.8 Å². The predicted molar refractivity (Wildman–Crippen MR) is 70.5 cm³/mol. The Morgan fingerprint density at radius 1 is 1.39 bits per heavy atom. The molecule has 0 aliphatic heterocycles. The fourth-order valence-electron chi connectivity index (χ4n) is 1.77. The van der Waals surface area contributed by atoms with Crippen molar-refractivity contribution < 1.29 is 14.3 Å². The van der Waals surface area contributed by atoms with Crippen molar-refractivity contribution in [2.75, 3.05) is 17.7 Å². The summed E-state index contributed by atoms with van der Waals surface area (Å²) >= 11 is 0. The summed E-state index contributed by atoms with van der Waals surface area (Å²) in [7, 11) is 1.78. The van der Waals surface area contributed by atoms with Crippen LogP contribution < -0.4 is 10.6 Å². The van der Waals surface area contributed by atoms with Gasteiger partial charge in [-0.05, 0) is 25.0 Å². The summed E-state index contributed by atoms with van der Waals surface area (Å²) in [5.74, 6) is -1.59. The zero-order valence-corrected chi connectivity index (χ0v) is 11.1. The van der Waals surface area contributed by atoms with Crippen molar-refractivity contribution in [3.05, 3.63) is 23.5 Å². The van der Waals surface area contributed by atoms with Gasteiger partial charge in [-0.25, -0.2) is 9.18 Å². The van der Waals surface area contributed by atoms with Gasteiger partial charge in [-0.15, -0.1) is 0 Å². The van der Waals surface area contributed by atoms with E-state index >= 15 is 0 Å². The van der Waals surface area contributed by atoms with Gasteiger partial charge in [0.2, 0.25) is 0 Å². The number of hydrogen-bond donors (Lipinski definition) is 2. The van der Waals surface area contributed by atoms with Crippen molar-refractivity contribution in [1.29, 1.82) is 0 Å². The number of anilines is 2. The molecule has 1 rings (SSSR count). The largest absolute Gasteiger partial charge is 0.478 e. The Morgan fingerprint density at radius 2 is 1.94 bits per heavy atom. The Kier molecular flexibility index (Phi) is 4.16. The molecule has 0 heterocycles. The number of carbonyl (C=O) groups is 1. The maximum Gasteiger partial charge on any atom is 0.340 e. The predicted octanol–water partition coefficient (Wildman–Crippen LogP) is 2.59. The maximum atomic E-state index is 13.3. The van der Waals surface area contributed by atoms with E-state index in [4.69, 9.17) is 10.8 Å². The van der Waals surface area contributed by atoms with Gasteiger partial charge in [-0.3, -0.25) is 0 Å². The minimum atomic E-state index is -1.22. The number of nitrogen functional groups attached to an aromatic ring is 1. The first-order valence-corrected chi connectivity index (χ1v) is 5.81. The molecule has 0 amide bonds. The quantitative estimate of drug-likeness (QED) is 0.810. The normalized spacial score (nSPS) is 12.6. The van der Waals surface area contributed by atoms with E-state index in [0.717, 1.165) is 0 Å². The summed E-state index contributed by atoms with van der Waals surface area (Å²) in [4.78, 5) is 13.0. The molecule has 0 bridgehead atoms. The molecule has 100 valence electrons. The Bertz CT molecular complexity index is 461. The van der Waals surface area contributed by atoms with E-state index in [1.165, 1.54) is 12.1 Å². The highest BCUT2D eigenvalue weighted by atomic mass is 19.1. The van der Waals surface area contributed by atoms with Gasteiger partial charge in [0.1, 0.15) is 11.4 Å². The molecule has 5 heteroatoms. The molecule has 1 atom stereocenters. The van der Waals surface area contributed by atoms with Gasteiger partial charge in [0.15, 0.2) is 0 Å². The van der Waals surface area contributed by atoms with E-state index < -0.39 is 11.8 Å². The number of hydrogen-bond acceptors (Lipinski definition) is 3. The molecule has 0 saturated heterocycles. The van der Waals surface area contributed by atoms with Crippen LogP contribution in [-0.4, -0.2) is 24.2 Å². The van der Waals surface area contributed by atoms with Crippen LogP contribution in [0.3, 0.4) is 0 Å². The SMILES string of the molecule is CC(C)C(C)N(C)c1ccc(F)c(N)c1C(=O)O. The number of aromatic carboxylic acids is 1. The maximum absolute atomic E-state index is 13.3. The molecular formula is C13H19FN2O2. The zero-order chi connectivity index (χ0) is 14.0. The molecule has 0 fully saturated rings. The Balaban J connectivity index is 3.33. The molecule has 0 aromatic heterocycles. The first-order chi connectivity index (χ1) is 8.27. The van der Waals surface area contributed by atoms with Crippen LogP contribution in [0.2, 0.25) is 0 Å². The Morgan fingerprint density at radius 3 is 2.39 bits per heavy atom. The molecule has 0 radical (unpaired) electrons. The monoisotopic (exact) mass is 254 g/mol. The molecule has 18 heavy (non-hydrogen) atoms. The third-order valence-corrected chi connectivity index (χ3v) is 3.34. The second kappa shape index (κ2) is 5.25. The number of carboxylic acids is 1. The molecule has 0 aliphatic carbocycles. The minimum Gasteiger partial charge on any atom is -0.478 e. The second-order valence-electron chi connectivity index (χ2n) is 4.76. The number of rotatable bonds is 4. The van der Waals surface area contributed by atoms with E-state index in [1.807, 2.05) is 25.7 Å². The second-order valence-corrected chi connectivity index (χ2v) is 4.76. The lowest BCUT2D eigenvalue weighted by atomic mass is 10.0. The van der Waals surface area contributed by atoms with Crippen LogP contribution >= 0.6 is 0 Å². The van der Waals surface area contributed by atoms with Crippen molar-refractivity contribution in [2.45, 2.75) is 26.8 Å². The summed E-state index contributed by atoms with van der Waals surface area (Å²) in [6.07, 6.45) is 0. The number of nitrogens with zero attached hydrogens (tertiary/aromatic N) is 1. The third-order valence-electron chi connectivity index (χ3n) is 3.34. The first-order valence-electron chi connectivity index (χ1n) is 5.81. The summed E-state index contributed by atoms with van der Waals surface area (Å²) in [5.41, 5.74) is 5.46. The number of carboxylic acid groups (broad SMARTS) is 1. The first kappa shape index (κ1) is 14.3. The summed E-state index contributed by atoms with van der Waals surface area (Å²) < 4.78 is 13.3. The summed E-state index contributed by atoms with van der Waals surface area (Å²) in [5, 5.41) is 9.17. The molecular weight excluding hydrogens is 235 g/mol. The molecule has 4 nitrogen and oxygen atoms in total. The lowest BCUT2D eigenvalue weighted by Crippen LogP contribution is -2.34. The lowest BCUT2D eigenvalue weighted by Gasteiger charge is -2.31. The molecule has 1 unspecified atom stereocenters. The number of benzene rings is 1. The standard InChI is InChI=1S/C13H19FN2O2/c1-7(2)8(3)16(4)10-6-5-9(14)12(15)11(10)13(17)18/h5-8H,15H2,1-4H3,(H,17,18). The van der Waals surface area contributed by atoms with Gasteiger partial charge >= 0.3 is 5.97 Å². The van der Waals surface area contributed by atoms with Crippen LogP contribution in [-0.2, 0) is 0 Å². The van der Waals surface area contributed by atoms with E-state index in [0.29, 0.717) is 11.6 Å². The molecule has 0 aliphatic rings. The molecule has 3 N–H and O–H groups in total. The highest BCUT2D eigenvalue weighted by Gasteiger charge is 2.23. The van der Waals surface area contributed by atoms with Crippen LogP contribution in [0.25, 0.3) is 0 Å². The van der Waals surface area contributed by atoms with Crippen LogP contribution in [0.15, 0.2) is 12.1 Å². The van der Waals surface area contributed by atoms with E-state index in [-0.39, 0.29) is 17.3 Å². The van der Waals surface area contributed by atoms with Gasteiger partial charge in [0, 0.05) is 13.1 Å². The topological polar surface area (TPSA) is 66.6 Å². The van der Waals surface area contributed by atoms with Crippen molar-refractivity contribution in [3.63, 3.8) is 0 Å². The highest BCUT2D eigenvalue weighted by Crippen LogP contribution is 2.29. The highest BCUT2D eigenvalue weighted by molar-refractivity contribution is 6.00. The van der Waals surface area contributed by atoms with E-state index in [1.54, 1.807) is 7.05 Å². The van der Waals surface area contributed by atoms with Gasteiger partial charge in [0.25, 0.3) is 0 Å². The van der Waals surface area contributed by atoms with Gasteiger partial charge in [-0.1, -0.05) is 13.8 Å². The third kappa shape index (κ3) is 2.55. The van der Waals surface area contributed by atoms with Gasteiger partial charge in [0.05, 0.1) is 11.4 Å². The van der Waals surface area contributed by atoms with E-state index in [9.17, 15) is 9.18 Å². The number of halogens is 1. The lowest BCUT2D eigenvalue weighted by molar-refractivity contribution is 0.0698. The molecule has 1 aromatic rings. The Hall–Kier alpha value is -1.78. The van der Waals surface area contributed by atoms with Crippen LogP contribution in [0, 0.1) is 11.7 Å². The Labute approximate surface area is 106 Å². The van der Waals surface area contributed by atoms with Crippen molar-refractivity contribution >= 4 is 17.3 Å². The fraction of sp³-hybridized carbons (Fsp3) is 0.462. The van der Waals surface area contributed by atoms with E-state index in [2.05, 4.69) is 0 Å². The minimum absolute atomic E-state index is 0.118. The van der Waals surface area contributed by atoms with Crippen LogP contribution in [0.1, 0.15) is 31.1 Å². The van der Waals surface area contributed by atoms with Crippen LogP contribution in [0.5, 0.6) is 0 Å². The van der Waals surface area contributed by atoms with Crippen molar-refractivity contribution in [1.82, 2.24) is 0 Å². The van der Waals surface area contributed by atoms with Gasteiger partial charge in [-0.2, -0.15) is 0 Å². The smallest absolute Gasteiger partial charge is 0.340 e. The molecule has 1 aromatic carbocycles. The molecule has 0 spiro atoms. The fourth-order valence-corrected chi connectivity index (χ4v) is 1.77. The molecule has 0 saturated carbocycles. The van der Waals surface area contributed by atoms with Crippen molar-refractivity contribution in [3.8, 4) is 0 Å². The average Bonchev–Trinajstić information content (AvgIpc) is 2.29. The zero-order valence-electron chi connectivity index (χ0n) is 11.1. The van der Waals surface area contributed by atoms with Crippen molar-refractivity contribution in [2.24, 2.45) is 5.92 Å². The summed E-state index contributed by atoms with van der Waals surface area (Å²) in [6, 6.07) is 2.77. The number of nitrogens with two attached hydrogens (primary N) is 1.